The predicted octanol–water partition coefficient (Wildman–Crippen LogP) is 3.43. The highest BCUT2D eigenvalue weighted by Gasteiger charge is 2.16. The Morgan fingerprint density at radius 3 is 2.56 bits per heavy atom. The van der Waals surface area contributed by atoms with Gasteiger partial charge in [0.1, 0.15) is 5.82 Å². The van der Waals surface area contributed by atoms with Gasteiger partial charge in [-0.15, -0.1) is 0 Å². The van der Waals surface area contributed by atoms with Gasteiger partial charge in [-0.3, -0.25) is 9.71 Å². The fourth-order valence-electron chi connectivity index (χ4n) is 2.53. The van der Waals surface area contributed by atoms with E-state index in [0.29, 0.717) is 22.5 Å². The highest BCUT2D eigenvalue weighted by Crippen LogP contribution is 2.23. The number of hydrogen-bond acceptors (Lipinski definition) is 4. The second-order valence-electron chi connectivity index (χ2n) is 5.48. The Balaban J connectivity index is 1.71. The first-order chi connectivity index (χ1) is 12.1. The molecule has 124 valence electrons. The first kappa shape index (κ1) is 15.3. The van der Waals surface area contributed by atoms with E-state index in [2.05, 4.69) is 19.7 Å². The smallest absolute Gasteiger partial charge is 0.262 e. The van der Waals surface area contributed by atoms with E-state index in [1.54, 1.807) is 30.5 Å². The van der Waals surface area contributed by atoms with Crippen molar-refractivity contribution in [3.05, 3.63) is 73.1 Å². The molecular formula is C18H14N4O2S. The molecule has 0 saturated carbocycles. The predicted molar refractivity (Wildman–Crippen MR) is 96.6 cm³/mol. The van der Waals surface area contributed by atoms with Gasteiger partial charge in [-0.05, 0) is 30.3 Å². The molecule has 0 spiro atoms. The quantitative estimate of drug-likeness (QED) is 0.590. The van der Waals surface area contributed by atoms with Crippen molar-refractivity contribution in [2.45, 2.75) is 4.90 Å². The molecule has 2 aromatic heterocycles. The molecule has 0 bridgehead atoms. The van der Waals surface area contributed by atoms with Gasteiger partial charge in [0.15, 0.2) is 0 Å². The first-order valence-corrected chi connectivity index (χ1v) is 9.08. The summed E-state index contributed by atoms with van der Waals surface area (Å²) in [6.45, 7) is 0. The van der Waals surface area contributed by atoms with Gasteiger partial charge in [-0.2, -0.15) is 0 Å². The number of fused-ring (bicyclic) bond motifs is 1. The van der Waals surface area contributed by atoms with Gasteiger partial charge in [-0.1, -0.05) is 30.3 Å². The molecule has 7 heteroatoms. The molecule has 4 rings (SSSR count). The zero-order chi connectivity index (χ0) is 17.3. The van der Waals surface area contributed by atoms with E-state index in [1.807, 2.05) is 30.3 Å². The molecule has 0 saturated heterocycles. The number of H-pyrrole nitrogens is 1. The third-order valence-electron chi connectivity index (χ3n) is 3.72. The Labute approximate surface area is 144 Å². The van der Waals surface area contributed by atoms with Crippen LogP contribution in [0, 0.1) is 0 Å². The van der Waals surface area contributed by atoms with Crippen molar-refractivity contribution >= 4 is 26.7 Å². The number of hydrogen-bond donors (Lipinski definition) is 2. The second-order valence-corrected chi connectivity index (χ2v) is 7.16. The Kier molecular flexibility index (Phi) is 3.70. The average Bonchev–Trinajstić information content (AvgIpc) is 3.06. The maximum atomic E-state index is 12.5. The number of benzene rings is 2. The molecule has 0 radical (unpaired) electrons. The van der Waals surface area contributed by atoms with Crippen LogP contribution in [0.5, 0.6) is 0 Å². The SMILES string of the molecule is O=S(=O)(Nc1cccnc1)c1ccc2nc(-c3ccccc3)[nH]c2c1. The largest absolute Gasteiger partial charge is 0.338 e. The van der Waals surface area contributed by atoms with Crippen molar-refractivity contribution in [2.24, 2.45) is 0 Å². The summed E-state index contributed by atoms with van der Waals surface area (Å²) in [5.74, 6) is 0.699. The van der Waals surface area contributed by atoms with Gasteiger partial charge in [0, 0.05) is 11.8 Å². The summed E-state index contributed by atoms with van der Waals surface area (Å²) < 4.78 is 27.6. The third-order valence-corrected chi connectivity index (χ3v) is 5.10. The van der Waals surface area contributed by atoms with Crippen LogP contribution in [0.1, 0.15) is 0 Å². The van der Waals surface area contributed by atoms with Crippen molar-refractivity contribution in [1.29, 1.82) is 0 Å². The highest BCUT2D eigenvalue weighted by molar-refractivity contribution is 7.92. The molecule has 0 aliphatic carbocycles. The fraction of sp³-hybridized carbons (Fsp3) is 0. The van der Waals surface area contributed by atoms with Gasteiger partial charge in [0.25, 0.3) is 10.0 Å². The lowest BCUT2D eigenvalue weighted by molar-refractivity contribution is 0.601. The minimum Gasteiger partial charge on any atom is -0.338 e. The molecule has 0 fully saturated rings. The van der Waals surface area contributed by atoms with Crippen molar-refractivity contribution in [2.75, 3.05) is 4.72 Å². The lowest BCUT2D eigenvalue weighted by Gasteiger charge is -2.07. The van der Waals surface area contributed by atoms with Gasteiger partial charge in [0.2, 0.25) is 0 Å². The summed E-state index contributed by atoms with van der Waals surface area (Å²) >= 11 is 0. The summed E-state index contributed by atoms with van der Waals surface area (Å²) in [5.41, 5.74) is 2.72. The van der Waals surface area contributed by atoms with E-state index < -0.39 is 10.0 Å². The molecule has 0 aliphatic heterocycles. The summed E-state index contributed by atoms with van der Waals surface area (Å²) in [6.07, 6.45) is 3.04. The van der Waals surface area contributed by atoms with E-state index in [9.17, 15) is 8.42 Å². The van der Waals surface area contributed by atoms with Crippen LogP contribution in [0.25, 0.3) is 22.4 Å². The van der Waals surface area contributed by atoms with Crippen LogP contribution in [-0.2, 0) is 10.0 Å². The fourth-order valence-corrected chi connectivity index (χ4v) is 3.59. The summed E-state index contributed by atoms with van der Waals surface area (Å²) in [7, 11) is -3.70. The molecule has 2 aromatic carbocycles. The van der Waals surface area contributed by atoms with Crippen molar-refractivity contribution < 1.29 is 8.42 Å². The second kappa shape index (κ2) is 6.03. The summed E-state index contributed by atoms with van der Waals surface area (Å²) in [4.78, 5) is 11.7. The molecule has 2 heterocycles. The molecule has 6 nitrogen and oxygen atoms in total. The van der Waals surface area contributed by atoms with Crippen LogP contribution < -0.4 is 4.72 Å². The Hall–Kier alpha value is -3.19. The number of imidazole rings is 1. The Bertz CT molecular complexity index is 1120. The highest BCUT2D eigenvalue weighted by atomic mass is 32.2. The molecule has 0 aliphatic rings. The minimum absolute atomic E-state index is 0.159. The van der Waals surface area contributed by atoms with Crippen LogP contribution in [0.3, 0.4) is 0 Å². The van der Waals surface area contributed by atoms with Crippen molar-refractivity contribution in [3.8, 4) is 11.4 Å². The lowest BCUT2D eigenvalue weighted by atomic mass is 10.2. The molecule has 2 N–H and O–H groups in total. The van der Waals surface area contributed by atoms with Crippen LogP contribution in [-0.4, -0.2) is 23.4 Å². The number of rotatable bonds is 4. The van der Waals surface area contributed by atoms with Crippen molar-refractivity contribution in [3.63, 3.8) is 0 Å². The summed E-state index contributed by atoms with van der Waals surface area (Å²) in [5, 5.41) is 0. The minimum atomic E-state index is -3.70. The van der Waals surface area contributed by atoms with Gasteiger partial charge in [0.05, 0.1) is 27.8 Å². The van der Waals surface area contributed by atoms with E-state index in [4.69, 9.17) is 0 Å². The van der Waals surface area contributed by atoms with Crippen LogP contribution >= 0.6 is 0 Å². The van der Waals surface area contributed by atoms with E-state index >= 15 is 0 Å². The average molecular weight is 350 g/mol. The van der Waals surface area contributed by atoms with Gasteiger partial charge >= 0.3 is 0 Å². The number of nitrogens with one attached hydrogen (secondary N) is 2. The molecule has 25 heavy (non-hydrogen) atoms. The molecule has 0 amide bonds. The summed E-state index contributed by atoms with van der Waals surface area (Å²) in [6, 6.07) is 17.8. The maximum Gasteiger partial charge on any atom is 0.262 e. The van der Waals surface area contributed by atoms with Crippen molar-refractivity contribution in [1.82, 2.24) is 15.0 Å². The lowest BCUT2D eigenvalue weighted by Crippen LogP contribution is -2.12. The number of pyridine rings is 1. The van der Waals surface area contributed by atoms with Crippen LogP contribution in [0.15, 0.2) is 78.0 Å². The first-order valence-electron chi connectivity index (χ1n) is 7.60. The third kappa shape index (κ3) is 3.09. The Morgan fingerprint density at radius 1 is 0.960 bits per heavy atom. The zero-order valence-electron chi connectivity index (χ0n) is 13.0. The number of nitrogens with zero attached hydrogens (tertiary/aromatic N) is 2. The number of anilines is 1. The maximum absolute atomic E-state index is 12.5. The standard InChI is InChI=1S/C18H14N4O2S/c23-25(24,22-14-7-4-10-19-12-14)15-8-9-16-17(11-15)21-18(20-16)13-5-2-1-3-6-13/h1-12,22H,(H,20,21). The number of aromatic nitrogens is 3. The molecule has 0 atom stereocenters. The van der Waals surface area contributed by atoms with Gasteiger partial charge < -0.3 is 4.98 Å². The number of sulfonamides is 1. The van der Waals surface area contributed by atoms with Gasteiger partial charge in [-0.25, -0.2) is 13.4 Å². The molecule has 0 unspecified atom stereocenters. The van der Waals surface area contributed by atoms with E-state index in [-0.39, 0.29) is 4.90 Å². The monoisotopic (exact) mass is 350 g/mol. The number of aromatic amines is 1. The van der Waals surface area contributed by atoms with Crippen LogP contribution in [0.2, 0.25) is 0 Å². The van der Waals surface area contributed by atoms with E-state index in [1.165, 1.54) is 12.3 Å². The van der Waals surface area contributed by atoms with Crippen LogP contribution in [0.4, 0.5) is 5.69 Å². The normalized spacial score (nSPS) is 11.5. The Morgan fingerprint density at radius 2 is 1.80 bits per heavy atom. The molecule has 4 aromatic rings. The van der Waals surface area contributed by atoms with E-state index in [0.717, 1.165) is 5.56 Å². The topological polar surface area (TPSA) is 87.7 Å². The zero-order valence-corrected chi connectivity index (χ0v) is 13.9. The molecular weight excluding hydrogens is 336 g/mol.